The highest BCUT2D eigenvalue weighted by Gasteiger charge is 2.47. The van der Waals surface area contributed by atoms with E-state index in [-0.39, 0.29) is 6.42 Å². The largest absolute Gasteiger partial charge is 0.481 e. The van der Waals surface area contributed by atoms with Gasteiger partial charge in [-0.3, -0.25) is 4.79 Å². The number of hydrogen-bond acceptors (Lipinski definition) is 4. The number of hydrogen-bond donors (Lipinski definition) is 2. The van der Waals surface area contributed by atoms with E-state index >= 15 is 0 Å². The Kier molecular flexibility index (Phi) is 8.48. The van der Waals surface area contributed by atoms with Crippen molar-refractivity contribution in [3.05, 3.63) is 12.2 Å². The van der Waals surface area contributed by atoms with E-state index in [4.69, 9.17) is 14.9 Å². The summed E-state index contributed by atoms with van der Waals surface area (Å²) in [5.74, 6) is 2.89. The molecule has 2 fully saturated rings. The monoisotopic (exact) mass is 342 g/mol. The number of unbranched alkanes of at least 4 members (excludes halogenated alkanes) is 2. The summed E-state index contributed by atoms with van der Waals surface area (Å²) in [5.41, 5.74) is 0. The molecule has 4 atom stereocenters. The van der Waals surface area contributed by atoms with E-state index in [1.807, 2.05) is 11.8 Å². The number of thioether (sulfide) groups is 1. The fourth-order valence-corrected chi connectivity index (χ4v) is 5.01. The van der Waals surface area contributed by atoms with Gasteiger partial charge >= 0.3 is 5.97 Å². The van der Waals surface area contributed by atoms with Gasteiger partial charge in [0.25, 0.3) is 0 Å². The van der Waals surface area contributed by atoms with Gasteiger partial charge in [-0.05, 0) is 68.3 Å². The van der Waals surface area contributed by atoms with E-state index in [0.717, 1.165) is 37.9 Å². The minimum Gasteiger partial charge on any atom is -0.481 e. The van der Waals surface area contributed by atoms with Crippen LogP contribution in [0.25, 0.3) is 0 Å². The van der Waals surface area contributed by atoms with Crippen molar-refractivity contribution in [3.8, 4) is 0 Å². The third-order valence-corrected chi connectivity index (χ3v) is 6.13. The second-order valence-electron chi connectivity index (χ2n) is 6.62. The molecule has 0 spiro atoms. The molecule has 0 saturated carbocycles. The maximum atomic E-state index is 10.5. The molecule has 2 N–H and O–H groups in total. The number of carboxylic acid groups (broad SMARTS) is 1. The van der Waals surface area contributed by atoms with Crippen LogP contribution in [-0.2, 0) is 9.53 Å². The lowest BCUT2D eigenvalue weighted by Crippen LogP contribution is -2.28. The zero-order chi connectivity index (χ0) is 16.5. The lowest BCUT2D eigenvalue weighted by Gasteiger charge is -2.27. The number of rotatable bonds is 12. The van der Waals surface area contributed by atoms with Crippen LogP contribution in [0, 0.1) is 11.8 Å². The van der Waals surface area contributed by atoms with Crippen molar-refractivity contribution in [2.75, 3.05) is 18.1 Å². The Morgan fingerprint density at radius 3 is 2.65 bits per heavy atom. The minimum atomic E-state index is -0.710. The second kappa shape index (κ2) is 10.4. The SMILES string of the molecule is O=C(O)CCCC=CC[C@@H]1[C@H](CSCCCCO)[C@@H]2CC[C@H]1O2. The highest BCUT2D eigenvalue weighted by molar-refractivity contribution is 7.99. The zero-order valence-corrected chi connectivity index (χ0v) is 14.7. The number of fused-ring (bicyclic) bond motifs is 2. The molecular formula is C18H30O4S. The van der Waals surface area contributed by atoms with Crippen LogP contribution in [0.5, 0.6) is 0 Å². The Morgan fingerprint density at radius 1 is 1.13 bits per heavy atom. The molecule has 0 amide bonds. The summed E-state index contributed by atoms with van der Waals surface area (Å²) in [7, 11) is 0. The van der Waals surface area contributed by atoms with Crippen molar-refractivity contribution in [3.63, 3.8) is 0 Å². The van der Waals surface area contributed by atoms with Crippen LogP contribution in [0.3, 0.4) is 0 Å². The summed E-state index contributed by atoms with van der Waals surface area (Å²) in [6.45, 7) is 0.299. The maximum absolute atomic E-state index is 10.5. The molecular weight excluding hydrogens is 312 g/mol. The predicted molar refractivity (Wildman–Crippen MR) is 93.8 cm³/mol. The van der Waals surface area contributed by atoms with Gasteiger partial charge in [0, 0.05) is 13.0 Å². The molecule has 132 valence electrons. The molecule has 2 bridgehead atoms. The van der Waals surface area contributed by atoms with E-state index in [0.29, 0.717) is 30.7 Å². The molecule has 0 unspecified atom stereocenters. The lowest BCUT2D eigenvalue weighted by molar-refractivity contribution is -0.137. The quantitative estimate of drug-likeness (QED) is 0.420. The van der Waals surface area contributed by atoms with Gasteiger partial charge in [0.05, 0.1) is 12.2 Å². The van der Waals surface area contributed by atoms with Crippen LogP contribution in [0.1, 0.15) is 51.4 Å². The highest BCUT2D eigenvalue weighted by Crippen LogP contribution is 2.46. The van der Waals surface area contributed by atoms with E-state index in [9.17, 15) is 4.79 Å². The van der Waals surface area contributed by atoms with Crippen molar-refractivity contribution >= 4 is 17.7 Å². The molecule has 5 heteroatoms. The summed E-state index contributed by atoms with van der Waals surface area (Å²) in [4.78, 5) is 10.5. The number of carboxylic acids is 1. The molecule has 2 saturated heterocycles. The summed E-state index contributed by atoms with van der Waals surface area (Å²) in [5, 5.41) is 17.5. The van der Waals surface area contributed by atoms with Gasteiger partial charge in [0.2, 0.25) is 0 Å². The number of aliphatic hydroxyl groups is 1. The lowest BCUT2D eigenvalue weighted by atomic mass is 9.78. The topological polar surface area (TPSA) is 66.8 Å². The third kappa shape index (κ3) is 6.12. The van der Waals surface area contributed by atoms with Crippen LogP contribution in [-0.4, -0.2) is 46.5 Å². The van der Waals surface area contributed by atoms with E-state index in [2.05, 4.69) is 12.2 Å². The number of ether oxygens (including phenoxy) is 1. The van der Waals surface area contributed by atoms with E-state index in [1.54, 1.807) is 0 Å². The van der Waals surface area contributed by atoms with Crippen LogP contribution in [0.4, 0.5) is 0 Å². The summed E-state index contributed by atoms with van der Waals surface area (Å²) >= 11 is 2.00. The van der Waals surface area contributed by atoms with Gasteiger partial charge in [-0.1, -0.05) is 12.2 Å². The van der Waals surface area contributed by atoms with Gasteiger partial charge in [0.15, 0.2) is 0 Å². The maximum Gasteiger partial charge on any atom is 0.303 e. The standard InChI is InChI=1S/C18H30O4S/c19-11-5-6-12-23-13-15-14(16-9-10-17(15)22-16)7-3-1-2-4-8-18(20)21/h1,3,14-17,19H,2,4-13H2,(H,20,21)/t14-,15+,16-,17+/m1/s1. The van der Waals surface area contributed by atoms with Crippen molar-refractivity contribution in [2.45, 2.75) is 63.6 Å². The van der Waals surface area contributed by atoms with Gasteiger partial charge in [-0.25, -0.2) is 0 Å². The molecule has 4 nitrogen and oxygen atoms in total. The Balaban J connectivity index is 1.68. The van der Waals surface area contributed by atoms with Gasteiger partial charge in [-0.15, -0.1) is 0 Å². The summed E-state index contributed by atoms with van der Waals surface area (Å²) in [6.07, 6.45) is 12.6. The first-order valence-corrected chi connectivity index (χ1v) is 10.1. The number of allylic oxidation sites excluding steroid dienone is 2. The molecule has 2 heterocycles. The first-order chi connectivity index (χ1) is 11.2. The molecule has 0 aliphatic carbocycles. The Bertz CT molecular complexity index is 385. The predicted octanol–water partition coefficient (Wildman–Crippen LogP) is 3.49. The number of carbonyl (C=O) groups is 1. The zero-order valence-electron chi connectivity index (χ0n) is 13.9. The van der Waals surface area contributed by atoms with Crippen molar-refractivity contribution < 1.29 is 19.7 Å². The Morgan fingerprint density at radius 2 is 1.91 bits per heavy atom. The van der Waals surface area contributed by atoms with E-state index in [1.165, 1.54) is 18.6 Å². The first-order valence-electron chi connectivity index (χ1n) is 8.93. The molecule has 2 rings (SSSR count). The molecule has 0 aromatic carbocycles. The van der Waals surface area contributed by atoms with E-state index < -0.39 is 5.97 Å². The fourth-order valence-electron chi connectivity index (χ4n) is 3.71. The third-order valence-electron chi connectivity index (χ3n) is 4.93. The average Bonchev–Trinajstić information content (AvgIpc) is 3.12. The first kappa shape index (κ1) is 18.8. The molecule has 23 heavy (non-hydrogen) atoms. The van der Waals surface area contributed by atoms with Crippen LogP contribution < -0.4 is 0 Å². The summed E-state index contributed by atoms with van der Waals surface area (Å²) < 4.78 is 6.12. The van der Waals surface area contributed by atoms with Crippen LogP contribution in [0.15, 0.2) is 12.2 Å². The minimum absolute atomic E-state index is 0.259. The van der Waals surface area contributed by atoms with Crippen molar-refractivity contribution in [2.24, 2.45) is 11.8 Å². The molecule has 0 aromatic rings. The van der Waals surface area contributed by atoms with Crippen LogP contribution in [0.2, 0.25) is 0 Å². The van der Waals surface area contributed by atoms with Gasteiger partial charge in [-0.2, -0.15) is 11.8 Å². The molecule has 0 aromatic heterocycles. The van der Waals surface area contributed by atoms with Gasteiger partial charge in [0.1, 0.15) is 0 Å². The second-order valence-corrected chi connectivity index (χ2v) is 7.77. The highest BCUT2D eigenvalue weighted by atomic mass is 32.2. The smallest absolute Gasteiger partial charge is 0.303 e. The number of aliphatic hydroxyl groups excluding tert-OH is 1. The summed E-state index contributed by atoms with van der Waals surface area (Å²) in [6, 6.07) is 0. The molecule has 2 aliphatic heterocycles. The van der Waals surface area contributed by atoms with Crippen LogP contribution >= 0.6 is 11.8 Å². The Hall–Kier alpha value is -0.520. The fraction of sp³-hybridized carbons (Fsp3) is 0.833. The van der Waals surface area contributed by atoms with Gasteiger partial charge < -0.3 is 14.9 Å². The average molecular weight is 343 g/mol. The normalized spacial score (nSPS) is 29.6. The van der Waals surface area contributed by atoms with Crippen molar-refractivity contribution in [1.29, 1.82) is 0 Å². The molecule has 0 radical (unpaired) electrons. The Labute approximate surface area is 143 Å². The number of aliphatic carboxylic acids is 1. The van der Waals surface area contributed by atoms with Crippen molar-refractivity contribution in [1.82, 2.24) is 0 Å². The molecule has 2 aliphatic rings.